The molecule has 0 radical (unpaired) electrons. The van der Waals surface area contributed by atoms with Crippen molar-refractivity contribution in [2.24, 2.45) is 0 Å². The molecule has 0 fully saturated rings. The van der Waals surface area contributed by atoms with Crippen LogP contribution >= 0.6 is 11.6 Å². The topological polar surface area (TPSA) is 17.1 Å². The monoisotopic (exact) mass is 130 g/mol. The van der Waals surface area contributed by atoms with Crippen molar-refractivity contribution in [1.29, 1.82) is 0 Å². The zero-order valence-corrected chi connectivity index (χ0v) is 5.40. The molecule has 0 aliphatic heterocycles. The molecule has 0 aromatic carbocycles. The van der Waals surface area contributed by atoms with Crippen LogP contribution in [0.25, 0.3) is 0 Å². The summed E-state index contributed by atoms with van der Waals surface area (Å²) in [5.74, 6) is 0. The van der Waals surface area contributed by atoms with Crippen LogP contribution in [0.1, 0.15) is 6.92 Å². The number of allylic oxidation sites excluding steroid dienone is 3. The van der Waals surface area contributed by atoms with E-state index in [4.69, 9.17) is 11.6 Å². The highest BCUT2D eigenvalue weighted by Crippen LogP contribution is 1.99. The van der Waals surface area contributed by atoms with Crippen LogP contribution in [0.4, 0.5) is 0 Å². The number of hydrogen-bond acceptors (Lipinski definition) is 1. The summed E-state index contributed by atoms with van der Waals surface area (Å²) in [6.45, 7) is 5.11. The first-order valence-corrected chi connectivity index (χ1v) is 2.58. The summed E-state index contributed by atoms with van der Waals surface area (Å²) in [5, 5.41) is -0.456. The van der Waals surface area contributed by atoms with Gasteiger partial charge in [-0.1, -0.05) is 18.7 Å². The highest BCUT2D eigenvalue weighted by Gasteiger charge is 1.95. The van der Waals surface area contributed by atoms with E-state index in [1.807, 2.05) is 0 Å². The lowest BCUT2D eigenvalue weighted by Crippen LogP contribution is -1.86. The molecule has 2 heteroatoms. The highest BCUT2D eigenvalue weighted by atomic mass is 35.5. The minimum Gasteiger partial charge on any atom is -0.276 e. The maximum Gasteiger partial charge on any atom is 0.252 e. The van der Waals surface area contributed by atoms with Crippen molar-refractivity contribution in [2.75, 3.05) is 0 Å². The Morgan fingerprint density at radius 1 is 1.75 bits per heavy atom. The Morgan fingerprint density at radius 3 is 2.25 bits per heavy atom. The molecule has 0 aliphatic carbocycles. The van der Waals surface area contributed by atoms with Gasteiger partial charge < -0.3 is 0 Å². The quantitative estimate of drug-likeness (QED) is 0.317. The maximum absolute atomic E-state index is 10.2. The van der Waals surface area contributed by atoms with Crippen molar-refractivity contribution in [3.63, 3.8) is 0 Å². The van der Waals surface area contributed by atoms with Gasteiger partial charge in [-0.15, -0.1) is 0 Å². The molecular formula is C6H7ClO. The van der Waals surface area contributed by atoms with Gasteiger partial charge in [0.2, 0.25) is 0 Å². The third-order valence-corrected chi connectivity index (χ3v) is 0.976. The molecule has 0 saturated heterocycles. The van der Waals surface area contributed by atoms with Crippen molar-refractivity contribution in [1.82, 2.24) is 0 Å². The van der Waals surface area contributed by atoms with Crippen molar-refractivity contribution in [2.45, 2.75) is 6.92 Å². The molecule has 0 rings (SSSR count). The van der Waals surface area contributed by atoms with E-state index in [0.717, 1.165) is 0 Å². The lowest BCUT2D eigenvalue weighted by molar-refractivity contribution is -0.108. The second kappa shape index (κ2) is 3.44. The van der Waals surface area contributed by atoms with Crippen molar-refractivity contribution in [3.8, 4) is 0 Å². The van der Waals surface area contributed by atoms with E-state index in [9.17, 15) is 4.79 Å². The second-order valence-electron chi connectivity index (χ2n) is 1.22. The number of carbonyl (C=O) groups is 1. The molecule has 44 valence electrons. The Hall–Kier alpha value is -0.560. The SMILES string of the molecule is C=CC(=CC)C(=O)Cl. The van der Waals surface area contributed by atoms with Gasteiger partial charge in [0.1, 0.15) is 0 Å². The molecule has 0 saturated carbocycles. The van der Waals surface area contributed by atoms with E-state index in [1.165, 1.54) is 6.08 Å². The average Bonchev–Trinajstić information content (AvgIpc) is 1.69. The molecule has 0 aromatic heterocycles. The number of carbonyl (C=O) groups excluding carboxylic acids is 1. The van der Waals surface area contributed by atoms with Gasteiger partial charge in [-0.25, -0.2) is 0 Å². The van der Waals surface area contributed by atoms with Gasteiger partial charge in [0, 0.05) is 5.57 Å². The van der Waals surface area contributed by atoms with E-state index in [0.29, 0.717) is 5.57 Å². The van der Waals surface area contributed by atoms with Gasteiger partial charge in [0.05, 0.1) is 0 Å². The molecule has 0 aromatic rings. The van der Waals surface area contributed by atoms with Gasteiger partial charge in [-0.2, -0.15) is 0 Å². The fourth-order valence-corrected chi connectivity index (χ4v) is 0.498. The van der Waals surface area contributed by atoms with Crippen LogP contribution in [0.3, 0.4) is 0 Å². The summed E-state index contributed by atoms with van der Waals surface area (Å²) in [6, 6.07) is 0. The maximum atomic E-state index is 10.2. The Labute approximate surface area is 53.6 Å². The number of hydrogen-bond donors (Lipinski definition) is 0. The Bertz CT molecular complexity index is 135. The van der Waals surface area contributed by atoms with Crippen LogP contribution in [0, 0.1) is 0 Å². The molecule has 0 bridgehead atoms. The Morgan fingerprint density at radius 2 is 2.25 bits per heavy atom. The van der Waals surface area contributed by atoms with Crippen LogP contribution in [0.5, 0.6) is 0 Å². The third-order valence-electron chi connectivity index (χ3n) is 0.758. The van der Waals surface area contributed by atoms with Crippen LogP contribution in [-0.4, -0.2) is 5.24 Å². The van der Waals surface area contributed by atoms with E-state index < -0.39 is 5.24 Å². The lowest BCUT2D eigenvalue weighted by Gasteiger charge is -1.85. The Balaban J connectivity index is 4.13. The van der Waals surface area contributed by atoms with E-state index in [-0.39, 0.29) is 0 Å². The molecule has 1 nitrogen and oxygen atoms in total. The first kappa shape index (κ1) is 7.44. The zero-order chi connectivity index (χ0) is 6.57. The molecule has 0 aliphatic rings. The van der Waals surface area contributed by atoms with Gasteiger partial charge in [0.25, 0.3) is 5.24 Å². The Kier molecular flexibility index (Phi) is 3.20. The van der Waals surface area contributed by atoms with Crippen LogP contribution < -0.4 is 0 Å². The number of rotatable bonds is 2. The predicted molar refractivity (Wildman–Crippen MR) is 34.8 cm³/mol. The summed E-state index contributed by atoms with van der Waals surface area (Å²) in [4.78, 5) is 10.2. The van der Waals surface area contributed by atoms with Gasteiger partial charge in [-0.3, -0.25) is 4.79 Å². The molecular weight excluding hydrogens is 124 g/mol. The molecule has 0 atom stereocenters. The summed E-state index contributed by atoms with van der Waals surface area (Å²) >= 11 is 5.07. The molecule has 0 amide bonds. The van der Waals surface area contributed by atoms with Gasteiger partial charge in [-0.05, 0) is 18.5 Å². The fraction of sp³-hybridized carbons (Fsp3) is 0.167. The third kappa shape index (κ3) is 1.94. The number of halogens is 1. The predicted octanol–water partition coefficient (Wildman–Crippen LogP) is 1.88. The first-order valence-electron chi connectivity index (χ1n) is 2.21. The van der Waals surface area contributed by atoms with E-state index in [2.05, 4.69) is 6.58 Å². The average molecular weight is 131 g/mol. The minimum absolute atomic E-state index is 0.451. The largest absolute Gasteiger partial charge is 0.276 e. The highest BCUT2D eigenvalue weighted by molar-refractivity contribution is 6.68. The van der Waals surface area contributed by atoms with E-state index in [1.54, 1.807) is 13.0 Å². The molecule has 0 spiro atoms. The minimum atomic E-state index is -0.456. The van der Waals surface area contributed by atoms with Crippen molar-refractivity contribution >= 4 is 16.8 Å². The fourth-order valence-electron chi connectivity index (χ4n) is 0.312. The van der Waals surface area contributed by atoms with Crippen LogP contribution in [-0.2, 0) is 4.79 Å². The first-order chi connectivity index (χ1) is 3.72. The molecule has 8 heavy (non-hydrogen) atoms. The summed E-state index contributed by atoms with van der Waals surface area (Å²) in [6.07, 6.45) is 3.04. The molecule has 0 unspecified atom stereocenters. The summed E-state index contributed by atoms with van der Waals surface area (Å²) < 4.78 is 0. The smallest absolute Gasteiger partial charge is 0.252 e. The van der Waals surface area contributed by atoms with Crippen molar-refractivity contribution < 1.29 is 4.79 Å². The van der Waals surface area contributed by atoms with Crippen LogP contribution in [0.2, 0.25) is 0 Å². The summed E-state index contributed by atoms with van der Waals surface area (Å²) in [5.41, 5.74) is 0.451. The van der Waals surface area contributed by atoms with E-state index >= 15 is 0 Å². The molecule has 0 heterocycles. The normalized spacial score (nSPS) is 11.0. The second-order valence-corrected chi connectivity index (χ2v) is 1.57. The van der Waals surface area contributed by atoms with Crippen molar-refractivity contribution in [3.05, 3.63) is 24.3 Å². The molecule has 0 N–H and O–H groups in total. The van der Waals surface area contributed by atoms with Crippen LogP contribution in [0.15, 0.2) is 24.3 Å². The van der Waals surface area contributed by atoms with Gasteiger partial charge in [0.15, 0.2) is 0 Å². The lowest BCUT2D eigenvalue weighted by atomic mass is 10.3. The zero-order valence-electron chi connectivity index (χ0n) is 4.65. The summed E-state index contributed by atoms with van der Waals surface area (Å²) in [7, 11) is 0. The standard InChI is InChI=1S/C6H7ClO/c1-3-5(4-2)6(7)8/h3-4H,1H2,2H3. The van der Waals surface area contributed by atoms with Gasteiger partial charge >= 0.3 is 0 Å².